The summed E-state index contributed by atoms with van der Waals surface area (Å²) in [5.41, 5.74) is 2.22. The van der Waals surface area contributed by atoms with Crippen LogP contribution in [0.15, 0.2) is 66.1 Å². The van der Waals surface area contributed by atoms with Gasteiger partial charge in [0.25, 0.3) is 10.0 Å². The summed E-state index contributed by atoms with van der Waals surface area (Å²) < 4.78 is 46.1. The Balaban J connectivity index is 1.55. The first kappa shape index (κ1) is 25.4. The quantitative estimate of drug-likeness (QED) is 0.274. The van der Waals surface area contributed by atoms with Crippen molar-refractivity contribution in [3.05, 3.63) is 72.0 Å². The van der Waals surface area contributed by atoms with Crippen LogP contribution in [-0.4, -0.2) is 53.2 Å². The Bertz CT molecular complexity index is 1720. The van der Waals surface area contributed by atoms with Crippen LogP contribution >= 0.6 is 11.6 Å². The molecule has 3 aromatic heterocycles. The van der Waals surface area contributed by atoms with Gasteiger partial charge in [0.05, 0.1) is 43.6 Å². The van der Waals surface area contributed by atoms with Crippen LogP contribution in [0.4, 0.5) is 11.6 Å². The first-order valence-corrected chi connectivity index (χ1v) is 13.0. The molecule has 0 fully saturated rings. The monoisotopic (exact) mass is 554 g/mol. The number of halogens is 1. The van der Waals surface area contributed by atoms with Crippen LogP contribution in [0.5, 0.6) is 17.2 Å². The third kappa shape index (κ3) is 4.48. The third-order valence-corrected chi connectivity index (χ3v) is 7.69. The Hall–Kier alpha value is -4.29. The number of ether oxygens (including phenoxy) is 3. The number of imidazole rings is 1. The molecule has 196 valence electrons. The smallest absolute Gasteiger partial charge is 0.268 e. The van der Waals surface area contributed by atoms with Gasteiger partial charge >= 0.3 is 0 Å². The van der Waals surface area contributed by atoms with Crippen molar-refractivity contribution in [2.75, 3.05) is 26.6 Å². The molecule has 0 unspecified atom stereocenters. The van der Waals surface area contributed by atoms with Gasteiger partial charge in [-0.1, -0.05) is 17.7 Å². The second kappa shape index (κ2) is 9.88. The topological polar surface area (TPSA) is 122 Å². The van der Waals surface area contributed by atoms with E-state index in [0.717, 1.165) is 9.54 Å². The van der Waals surface area contributed by atoms with E-state index >= 15 is 0 Å². The molecule has 0 bridgehead atoms. The van der Waals surface area contributed by atoms with E-state index in [0.29, 0.717) is 34.3 Å². The van der Waals surface area contributed by atoms with E-state index in [9.17, 15) is 8.42 Å². The molecule has 38 heavy (non-hydrogen) atoms. The Morgan fingerprint density at radius 2 is 1.63 bits per heavy atom. The number of benzene rings is 2. The highest BCUT2D eigenvalue weighted by Crippen LogP contribution is 2.39. The molecule has 0 aliphatic carbocycles. The molecule has 0 saturated heterocycles. The maximum absolute atomic E-state index is 13.5. The number of methoxy groups -OCH3 is 3. The number of rotatable bonds is 8. The lowest BCUT2D eigenvalue weighted by atomic mass is 10.2. The van der Waals surface area contributed by atoms with Crippen LogP contribution in [0.1, 0.15) is 5.56 Å². The van der Waals surface area contributed by atoms with Crippen molar-refractivity contribution in [3.8, 4) is 22.9 Å². The number of hydrogen-bond acceptors (Lipinski definition) is 9. The minimum absolute atomic E-state index is 0.0467. The van der Waals surface area contributed by atoms with Crippen LogP contribution in [0.25, 0.3) is 16.7 Å². The minimum Gasteiger partial charge on any atom is -0.493 e. The third-order valence-electron chi connectivity index (χ3n) is 5.83. The Morgan fingerprint density at radius 3 is 2.26 bits per heavy atom. The SMILES string of the molecule is COc1cc(-n2cnc(Nc3nc(Cl)nc4ccn(S(=O)(=O)c5ccc(C)cc5)c34)c2)cc(OC)c1OC. The molecule has 13 heteroatoms. The maximum Gasteiger partial charge on any atom is 0.268 e. The fraction of sp³-hybridized carbons (Fsp3) is 0.160. The van der Waals surface area contributed by atoms with Gasteiger partial charge in [0.1, 0.15) is 17.7 Å². The van der Waals surface area contributed by atoms with Gasteiger partial charge in [-0.15, -0.1) is 0 Å². The summed E-state index contributed by atoms with van der Waals surface area (Å²) in [7, 11) is 0.659. The Kier molecular flexibility index (Phi) is 6.59. The zero-order chi connectivity index (χ0) is 27.0. The number of nitrogens with zero attached hydrogens (tertiary/aromatic N) is 5. The van der Waals surface area contributed by atoms with Crippen molar-refractivity contribution < 1.29 is 22.6 Å². The Morgan fingerprint density at radius 1 is 0.947 bits per heavy atom. The molecule has 0 spiro atoms. The summed E-state index contributed by atoms with van der Waals surface area (Å²) in [5, 5.41) is 3.03. The van der Waals surface area contributed by atoms with Crippen molar-refractivity contribution in [1.82, 2.24) is 23.5 Å². The molecule has 3 heterocycles. The van der Waals surface area contributed by atoms with Crippen LogP contribution in [0, 0.1) is 6.92 Å². The Labute approximate surface area is 223 Å². The van der Waals surface area contributed by atoms with Crippen molar-refractivity contribution in [1.29, 1.82) is 0 Å². The highest BCUT2D eigenvalue weighted by atomic mass is 35.5. The summed E-state index contributed by atoms with van der Waals surface area (Å²) in [5.74, 6) is 1.99. The first-order chi connectivity index (χ1) is 18.2. The molecule has 0 saturated carbocycles. The van der Waals surface area contributed by atoms with Crippen LogP contribution in [0.2, 0.25) is 5.28 Å². The molecule has 0 aliphatic rings. The highest BCUT2D eigenvalue weighted by molar-refractivity contribution is 7.90. The molecule has 2 aromatic carbocycles. The van der Waals surface area contributed by atoms with Crippen molar-refractivity contribution in [2.24, 2.45) is 0 Å². The van der Waals surface area contributed by atoms with Gasteiger partial charge in [-0.05, 0) is 36.7 Å². The minimum atomic E-state index is -3.94. The molecule has 0 aliphatic heterocycles. The van der Waals surface area contributed by atoms with E-state index < -0.39 is 10.0 Å². The molecule has 1 N–H and O–H groups in total. The van der Waals surface area contributed by atoms with Crippen LogP contribution in [-0.2, 0) is 10.0 Å². The predicted octanol–water partition coefficient (Wildman–Crippen LogP) is 4.59. The van der Waals surface area contributed by atoms with E-state index in [1.807, 2.05) is 6.92 Å². The van der Waals surface area contributed by atoms with Crippen molar-refractivity contribution in [2.45, 2.75) is 11.8 Å². The second-order valence-corrected chi connectivity index (χ2v) is 10.3. The lowest BCUT2D eigenvalue weighted by Gasteiger charge is -2.14. The van der Waals surface area contributed by atoms with E-state index in [2.05, 4.69) is 20.3 Å². The van der Waals surface area contributed by atoms with E-state index in [4.69, 9.17) is 25.8 Å². The molecular weight excluding hydrogens is 532 g/mol. The maximum atomic E-state index is 13.5. The normalized spacial score (nSPS) is 11.5. The average Bonchev–Trinajstić information content (AvgIpc) is 3.55. The highest BCUT2D eigenvalue weighted by Gasteiger charge is 2.23. The molecule has 0 radical (unpaired) electrons. The van der Waals surface area contributed by atoms with Gasteiger partial charge in [0, 0.05) is 18.3 Å². The van der Waals surface area contributed by atoms with E-state index in [-0.39, 0.29) is 21.5 Å². The summed E-state index contributed by atoms with van der Waals surface area (Å²) in [6.07, 6.45) is 4.69. The van der Waals surface area contributed by atoms with E-state index in [1.54, 1.807) is 59.6 Å². The molecule has 5 rings (SSSR count). The number of hydrogen-bond donors (Lipinski definition) is 1. The summed E-state index contributed by atoms with van der Waals surface area (Å²) in [4.78, 5) is 13.0. The van der Waals surface area contributed by atoms with Gasteiger partial charge in [-0.2, -0.15) is 4.98 Å². The van der Waals surface area contributed by atoms with Crippen molar-refractivity contribution >= 4 is 44.3 Å². The van der Waals surface area contributed by atoms with Gasteiger partial charge in [-0.3, -0.25) is 0 Å². The fourth-order valence-corrected chi connectivity index (χ4v) is 5.49. The molecular formula is C25H23ClN6O5S. The standard InChI is InChI=1S/C25H23ClN6O5S/c1-15-5-7-17(8-6-15)38(33,34)32-10-9-18-22(32)24(30-25(26)28-18)29-21-13-31(14-27-21)16-11-19(35-2)23(37-4)20(12-16)36-3/h5-14H,1-4H3,(H,28,29,30). The molecule has 0 amide bonds. The van der Waals surface area contributed by atoms with Crippen LogP contribution in [0.3, 0.4) is 0 Å². The average molecular weight is 555 g/mol. The summed E-state index contributed by atoms with van der Waals surface area (Å²) >= 11 is 6.16. The zero-order valence-electron chi connectivity index (χ0n) is 20.8. The first-order valence-electron chi connectivity index (χ1n) is 11.2. The second-order valence-electron chi connectivity index (χ2n) is 8.18. The summed E-state index contributed by atoms with van der Waals surface area (Å²) in [6, 6.07) is 11.7. The molecule has 11 nitrogen and oxygen atoms in total. The number of nitrogens with one attached hydrogen (secondary N) is 1. The number of anilines is 2. The number of aryl methyl sites for hydroxylation is 1. The van der Waals surface area contributed by atoms with E-state index in [1.165, 1.54) is 27.5 Å². The molecule has 0 atom stereocenters. The fourth-order valence-electron chi connectivity index (χ4n) is 3.97. The largest absolute Gasteiger partial charge is 0.493 e. The number of fused-ring (bicyclic) bond motifs is 1. The van der Waals surface area contributed by atoms with Gasteiger partial charge in [0.2, 0.25) is 11.0 Å². The lowest BCUT2D eigenvalue weighted by Crippen LogP contribution is -2.13. The van der Waals surface area contributed by atoms with Gasteiger partial charge in [-0.25, -0.2) is 22.4 Å². The summed E-state index contributed by atoms with van der Waals surface area (Å²) in [6.45, 7) is 1.89. The zero-order valence-corrected chi connectivity index (χ0v) is 22.4. The van der Waals surface area contributed by atoms with Crippen molar-refractivity contribution in [3.63, 3.8) is 0 Å². The lowest BCUT2D eigenvalue weighted by molar-refractivity contribution is 0.324. The van der Waals surface area contributed by atoms with Gasteiger partial charge < -0.3 is 24.1 Å². The molecule has 5 aromatic rings. The van der Waals surface area contributed by atoms with Crippen LogP contribution < -0.4 is 19.5 Å². The number of aromatic nitrogens is 5. The predicted molar refractivity (Wildman–Crippen MR) is 143 cm³/mol. The van der Waals surface area contributed by atoms with Gasteiger partial charge in [0.15, 0.2) is 17.3 Å².